The number of nitrogens with one attached hydrogen (secondary N) is 1. The summed E-state index contributed by atoms with van der Waals surface area (Å²) in [4.78, 5) is 28.4. The average Bonchev–Trinajstić information content (AvgIpc) is 3.06. The van der Waals surface area contributed by atoms with Gasteiger partial charge in [0.2, 0.25) is 0 Å². The molecule has 0 bridgehead atoms. The highest BCUT2D eigenvalue weighted by Crippen LogP contribution is 2.34. The number of fused-ring (bicyclic) bond motifs is 1. The number of anilines is 1. The molecule has 2 aromatic rings. The van der Waals surface area contributed by atoms with Gasteiger partial charge in [0, 0.05) is 36.1 Å². The quantitative estimate of drug-likeness (QED) is 0.516. The minimum Gasteiger partial charge on any atom is -0.491 e. The highest BCUT2D eigenvalue weighted by Gasteiger charge is 2.35. The summed E-state index contributed by atoms with van der Waals surface area (Å²) in [5.41, 5.74) is 1.73. The summed E-state index contributed by atoms with van der Waals surface area (Å²) in [6, 6.07) is 8.61. The van der Waals surface area contributed by atoms with Crippen LogP contribution < -0.4 is 15.1 Å². The molecule has 0 saturated carbocycles. The van der Waals surface area contributed by atoms with Crippen LogP contribution in [0.2, 0.25) is 0 Å². The van der Waals surface area contributed by atoms with Crippen LogP contribution >= 0.6 is 0 Å². The van der Waals surface area contributed by atoms with E-state index in [1.54, 1.807) is 11.5 Å². The van der Waals surface area contributed by atoms with Gasteiger partial charge in [-0.05, 0) is 43.2 Å². The number of alkyl halides is 3. The first-order valence-electron chi connectivity index (χ1n) is 10.8. The first-order chi connectivity index (χ1) is 16.3. The molecule has 0 aliphatic carbocycles. The van der Waals surface area contributed by atoms with E-state index in [0.717, 1.165) is 12.1 Å². The number of rotatable bonds is 3. The molecule has 0 atom stereocenters. The first kappa shape index (κ1) is 23.8. The lowest BCUT2D eigenvalue weighted by molar-refractivity contribution is -0.137. The number of benzene rings is 2. The zero-order valence-corrected chi connectivity index (χ0v) is 18.2. The summed E-state index contributed by atoms with van der Waals surface area (Å²) in [7, 11) is 0. The number of carbonyl (C=O) groups excluding carboxylic acids is 2. The molecule has 0 radical (unpaired) electrons. The SMILES string of the molecule is O=C(NO)c1ccc2c(c1)OCCN(C(=O)N(c1cccc(C(F)(F)F)c1)C1CCOCC1)C2. The zero-order chi connectivity index (χ0) is 24.3. The molecule has 8 nitrogen and oxygen atoms in total. The molecule has 1 fully saturated rings. The largest absolute Gasteiger partial charge is 0.491 e. The lowest BCUT2D eigenvalue weighted by Crippen LogP contribution is -2.50. The van der Waals surface area contributed by atoms with Gasteiger partial charge < -0.3 is 14.4 Å². The van der Waals surface area contributed by atoms with Crippen LogP contribution in [0.15, 0.2) is 42.5 Å². The van der Waals surface area contributed by atoms with Crippen LogP contribution in [-0.2, 0) is 17.5 Å². The fourth-order valence-corrected chi connectivity index (χ4v) is 4.14. The van der Waals surface area contributed by atoms with Crippen molar-refractivity contribution in [2.45, 2.75) is 31.6 Å². The predicted octanol–water partition coefficient (Wildman–Crippen LogP) is 3.82. The Morgan fingerprint density at radius 2 is 1.85 bits per heavy atom. The number of nitrogens with zero attached hydrogens (tertiary/aromatic N) is 2. The molecule has 2 heterocycles. The highest BCUT2D eigenvalue weighted by atomic mass is 19.4. The molecule has 0 spiro atoms. The Morgan fingerprint density at radius 1 is 1.09 bits per heavy atom. The number of halogens is 3. The Hall–Kier alpha value is -3.31. The predicted molar refractivity (Wildman–Crippen MR) is 115 cm³/mol. The van der Waals surface area contributed by atoms with Crippen LogP contribution in [0.1, 0.15) is 34.3 Å². The van der Waals surface area contributed by atoms with Crippen LogP contribution in [0.3, 0.4) is 0 Å². The van der Waals surface area contributed by atoms with E-state index >= 15 is 0 Å². The maximum atomic E-state index is 13.7. The van der Waals surface area contributed by atoms with Crippen molar-refractivity contribution in [1.82, 2.24) is 10.4 Å². The van der Waals surface area contributed by atoms with Gasteiger partial charge in [0.1, 0.15) is 12.4 Å². The van der Waals surface area contributed by atoms with Gasteiger partial charge in [-0.2, -0.15) is 13.2 Å². The van der Waals surface area contributed by atoms with Gasteiger partial charge in [0.05, 0.1) is 18.7 Å². The van der Waals surface area contributed by atoms with E-state index in [0.29, 0.717) is 37.4 Å². The molecule has 2 N–H and O–H groups in total. The van der Waals surface area contributed by atoms with Crippen LogP contribution in [0, 0.1) is 0 Å². The Balaban J connectivity index is 1.64. The van der Waals surface area contributed by atoms with Crippen molar-refractivity contribution in [3.8, 4) is 5.75 Å². The minimum atomic E-state index is -4.53. The minimum absolute atomic E-state index is 0.132. The van der Waals surface area contributed by atoms with Crippen molar-refractivity contribution in [2.75, 3.05) is 31.3 Å². The second-order valence-corrected chi connectivity index (χ2v) is 8.08. The topological polar surface area (TPSA) is 91.3 Å². The Kier molecular flexibility index (Phi) is 6.94. The number of hydrogen-bond acceptors (Lipinski definition) is 5. The van der Waals surface area contributed by atoms with Crippen molar-refractivity contribution < 1.29 is 37.4 Å². The fraction of sp³-hybridized carbons (Fsp3) is 0.391. The van der Waals surface area contributed by atoms with Gasteiger partial charge >= 0.3 is 12.2 Å². The second kappa shape index (κ2) is 9.90. The number of hydrogen-bond donors (Lipinski definition) is 2. The van der Waals surface area contributed by atoms with Crippen molar-refractivity contribution in [3.63, 3.8) is 0 Å². The lowest BCUT2D eigenvalue weighted by atomic mass is 10.1. The van der Waals surface area contributed by atoms with Crippen molar-refractivity contribution >= 4 is 17.6 Å². The van der Waals surface area contributed by atoms with E-state index in [-0.39, 0.29) is 37.0 Å². The molecule has 2 aromatic carbocycles. The Bertz CT molecular complexity index is 1060. The molecule has 2 aliphatic rings. The molecule has 0 aromatic heterocycles. The smallest absolute Gasteiger partial charge is 0.416 e. The zero-order valence-electron chi connectivity index (χ0n) is 18.2. The summed E-state index contributed by atoms with van der Waals surface area (Å²) in [5.74, 6) is -0.299. The van der Waals surface area contributed by atoms with E-state index in [4.69, 9.17) is 14.7 Å². The summed E-state index contributed by atoms with van der Waals surface area (Å²) >= 11 is 0. The molecule has 182 valence electrons. The fourth-order valence-electron chi connectivity index (χ4n) is 4.14. The maximum Gasteiger partial charge on any atom is 0.416 e. The van der Waals surface area contributed by atoms with E-state index < -0.39 is 23.7 Å². The number of carbonyl (C=O) groups is 2. The standard InChI is InChI=1S/C23H24F3N3O5/c24-23(25,26)17-2-1-3-19(13-17)29(18-6-9-33-10-7-18)22(31)28-8-11-34-20-12-15(21(30)27-32)4-5-16(20)14-28/h1-5,12-13,18,32H,6-11,14H2,(H,27,30). The third-order valence-electron chi connectivity index (χ3n) is 5.90. The molecule has 34 heavy (non-hydrogen) atoms. The second-order valence-electron chi connectivity index (χ2n) is 8.08. The van der Waals surface area contributed by atoms with Gasteiger partial charge in [-0.1, -0.05) is 12.1 Å². The lowest BCUT2D eigenvalue weighted by Gasteiger charge is -2.37. The van der Waals surface area contributed by atoms with Gasteiger partial charge in [0.15, 0.2) is 0 Å². The highest BCUT2D eigenvalue weighted by molar-refractivity contribution is 5.94. The average molecular weight is 479 g/mol. The van der Waals surface area contributed by atoms with Crippen LogP contribution in [-0.4, -0.2) is 54.5 Å². The van der Waals surface area contributed by atoms with Crippen molar-refractivity contribution in [2.24, 2.45) is 0 Å². The van der Waals surface area contributed by atoms with Crippen LogP contribution in [0.4, 0.5) is 23.7 Å². The molecule has 4 rings (SSSR count). The molecular formula is C23H24F3N3O5. The number of hydroxylamine groups is 1. The summed E-state index contributed by atoms with van der Waals surface area (Å²) in [5, 5.41) is 8.85. The van der Waals surface area contributed by atoms with E-state index in [2.05, 4.69) is 0 Å². The van der Waals surface area contributed by atoms with Gasteiger partial charge in [-0.3, -0.25) is 14.9 Å². The summed E-state index contributed by atoms with van der Waals surface area (Å²) < 4.78 is 51.2. The molecular weight excluding hydrogens is 455 g/mol. The van der Waals surface area contributed by atoms with Crippen LogP contribution in [0.25, 0.3) is 0 Å². The summed E-state index contributed by atoms with van der Waals surface area (Å²) in [6.07, 6.45) is -3.53. The summed E-state index contributed by atoms with van der Waals surface area (Å²) in [6.45, 7) is 1.30. The van der Waals surface area contributed by atoms with Gasteiger partial charge in [-0.15, -0.1) is 0 Å². The van der Waals surface area contributed by atoms with E-state index in [1.165, 1.54) is 34.1 Å². The Morgan fingerprint density at radius 3 is 2.56 bits per heavy atom. The van der Waals surface area contributed by atoms with Crippen LogP contribution in [0.5, 0.6) is 5.75 Å². The van der Waals surface area contributed by atoms with Crippen molar-refractivity contribution in [3.05, 3.63) is 59.2 Å². The van der Waals surface area contributed by atoms with Gasteiger partial charge in [0.25, 0.3) is 5.91 Å². The van der Waals surface area contributed by atoms with E-state index in [1.807, 2.05) is 0 Å². The van der Waals surface area contributed by atoms with Gasteiger partial charge in [-0.25, -0.2) is 10.3 Å². The molecule has 1 saturated heterocycles. The van der Waals surface area contributed by atoms with Crippen molar-refractivity contribution in [1.29, 1.82) is 0 Å². The number of amides is 3. The third-order valence-corrected chi connectivity index (χ3v) is 5.90. The number of urea groups is 1. The Labute approximate surface area is 193 Å². The molecule has 11 heteroatoms. The molecule has 2 aliphatic heterocycles. The first-order valence-corrected chi connectivity index (χ1v) is 10.8. The van der Waals surface area contributed by atoms with E-state index in [9.17, 15) is 22.8 Å². The monoisotopic (exact) mass is 479 g/mol. The molecule has 3 amide bonds. The molecule has 0 unspecified atom stereocenters. The number of ether oxygens (including phenoxy) is 2. The third kappa shape index (κ3) is 5.10. The maximum absolute atomic E-state index is 13.7. The normalized spacial score (nSPS) is 16.8.